The van der Waals surface area contributed by atoms with Gasteiger partial charge in [0, 0.05) is 11.1 Å². The number of halogens is 6. The largest absolute Gasteiger partial charge is 0.392 e. The molecule has 2 nitrogen and oxygen atoms in total. The van der Waals surface area contributed by atoms with Crippen molar-refractivity contribution in [2.45, 2.75) is 6.61 Å². The topological polar surface area (TPSA) is 33.1 Å². The van der Waals surface area contributed by atoms with Crippen molar-refractivity contribution >= 4 is 69.6 Å². The Hall–Kier alpha value is -0.710. The molecule has 0 unspecified atom stereocenters. The van der Waals surface area contributed by atoms with E-state index in [9.17, 15) is 5.11 Å². The summed E-state index contributed by atoms with van der Waals surface area (Å²) in [5.41, 5.74) is 2.33. The molecule has 3 aromatic rings. The van der Waals surface area contributed by atoms with E-state index in [0.717, 1.165) is 0 Å². The van der Waals surface area contributed by atoms with Gasteiger partial charge < -0.3 is 5.11 Å². The zero-order valence-electron chi connectivity index (χ0n) is 12.8. The number of aliphatic hydroxyl groups excluding tert-OH is 1. The standard InChI is InChI=1S/C18H9Cl6NO/c19-9-1-3-11(21)17(23)15(9)13-5-8(7-26)6-14(25-13)16-10(20)2-4-12(22)18(16)24/h1-6,26H,7H2. The Bertz CT molecular complexity index is 930. The van der Waals surface area contributed by atoms with Gasteiger partial charge >= 0.3 is 0 Å². The van der Waals surface area contributed by atoms with Crippen LogP contribution in [0, 0.1) is 0 Å². The van der Waals surface area contributed by atoms with E-state index in [1.54, 1.807) is 36.4 Å². The molecule has 1 heterocycles. The molecule has 0 aliphatic carbocycles. The number of rotatable bonds is 3. The number of aliphatic hydroxyl groups is 1. The number of hydrogen-bond donors (Lipinski definition) is 1. The van der Waals surface area contributed by atoms with Crippen molar-refractivity contribution in [3.63, 3.8) is 0 Å². The molecule has 0 saturated carbocycles. The van der Waals surface area contributed by atoms with Gasteiger partial charge in [-0.1, -0.05) is 69.6 Å². The molecule has 8 heteroatoms. The maximum atomic E-state index is 9.65. The van der Waals surface area contributed by atoms with Crippen LogP contribution in [0.1, 0.15) is 5.56 Å². The van der Waals surface area contributed by atoms with E-state index >= 15 is 0 Å². The molecule has 0 aliphatic rings. The summed E-state index contributed by atoms with van der Waals surface area (Å²) in [6, 6.07) is 9.77. The fraction of sp³-hybridized carbons (Fsp3) is 0.0556. The SMILES string of the molecule is OCc1cc(-c2c(Cl)ccc(Cl)c2Cl)nc(-c2c(Cl)ccc(Cl)c2Cl)c1. The third-order valence-electron chi connectivity index (χ3n) is 3.67. The molecule has 1 N–H and O–H groups in total. The highest BCUT2D eigenvalue weighted by atomic mass is 35.5. The third-order valence-corrected chi connectivity index (χ3v) is 5.91. The van der Waals surface area contributed by atoms with Crippen molar-refractivity contribution in [2.75, 3.05) is 0 Å². The van der Waals surface area contributed by atoms with Crippen molar-refractivity contribution in [1.82, 2.24) is 4.98 Å². The average molecular weight is 468 g/mol. The van der Waals surface area contributed by atoms with Crippen LogP contribution in [-0.4, -0.2) is 10.1 Å². The van der Waals surface area contributed by atoms with Crippen LogP contribution in [0.5, 0.6) is 0 Å². The molecule has 0 atom stereocenters. The lowest BCUT2D eigenvalue weighted by atomic mass is 10.0. The summed E-state index contributed by atoms with van der Waals surface area (Å²) < 4.78 is 0. The van der Waals surface area contributed by atoms with Crippen molar-refractivity contribution < 1.29 is 5.11 Å². The third kappa shape index (κ3) is 3.79. The van der Waals surface area contributed by atoms with Crippen molar-refractivity contribution in [2.24, 2.45) is 0 Å². The number of nitrogens with zero attached hydrogens (tertiary/aromatic N) is 1. The van der Waals surface area contributed by atoms with Crippen LogP contribution < -0.4 is 0 Å². The minimum Gasteiger partial charge on any atom is -0.392 e. The summed E-state index contributed by atoms with van der Waals surface area (Å²) in [7, 11) is 0. The second-order valence-corrected chi connectivity index (χ2v) is 7.73. The average Bonchev–Trinajstić information content (AvgIpc) is 2.62. The van der Waals surface area contributed by atoms with E-state index < -0.39 is 0 Å². The van der Waals surface area contributed by atoms with Crippen molar-refractivity contribution in [3.8, 4) is 22.5 Å². The van der Waals surface area contributed by atoms with Gasteiger partial charge in [-0.3, -0.25) is 0 Å². The summed E-state index contributed by atoms with van der Waals surface area (Å²) in [4.78, 5) is 4.58. The number of benzene rings is 2. The Morgan fingerprint density at radius 1 is 0.654 bits per heavy atom. The Morgan fingerprint density at radius 3 is 1.42 bits per heavy atom. The first-order valence-electron chi connectivity index (χ1n) is 7.23. The first kappa shape index (κ1) is 20.0. The molecule has 134 valence electrons. The molecule has 0 bridgehead atoms. The maximum Gasteiger partial charge on any atom is 0.0743 e. The molecule has 0 saturated heterocycles. The van der Waals surface area contributed by atoms with Crippen LogP contribution in [0.2, 0.25) is 30.1 Å². The molecular weight excluding hydrogens is 459 g/mol. The predicted molar refractivity (Wildman–Crippen MR) is 111 cm³/mol. The second kappa shape index (κ2) is 8.12. The van der Waals surface area contributed by atoms with E-state index in [4.69, 9.17) is 69.6 Å². The molecular formula is C18H9Cl6NO. The van der Waals surface area contributed by atoms with Gasteiger partial charge in [-0.2, -0.15) is 0 Å². The van der Waals surface area contributed by atoms with E-state index in [1.807, 2.05) is 0 Å². The molecule has 0 radical (unpaired) electrons. The van der Waals surface area contributed by atoms with Crippen molar-refractivity contribution in [1.29, 1.82) is 0 Å². The summed E-state index contributed by atoms with van der Waals surface area (Å²) >= 11 is 37.5. The van der Waals surface area contributed by atoms with Gasteiger partial charge in [0.15, 0.2) is 0 Å². The van der Waals surface area contributed by atoms with Crippen LogP contribution in [0.3, 0.4) is 0 Å². The van der Waals surface area contributed by atoms with Gasteiger partial charge in [0.05, 0.1) is 48.1 Å². The first-order valence-corrected chi connectivity index (χ1v) is 9.49. The highest BCUT2D eigenvalue weighted by Gasteiger charge is 2.18. The van der Waals surface area contributed by atoms with Gasteiger partial charge in [0.1, 0.15) is 0 Å². The molecule has 0 spiro atoms. The van der Waals surface area contributed by atoms with E-state index in [-0.39, 0.29) is 16.7 Å². The maximum absolute atomic E-state index is 9.65. The fourth-order valence-corrected chi connectivity index (χ4v) is 3.90. The number of pyridine rings is 1. The molecule has 0 amide bonds. The fourth-order valence-electron chi connectivity index (χ4n) is 2.46. The lowest BCUT2D eigenvalue weighted by Crippen LogP contribution is -1.96. The van der Waals surface area contributed by atoms with Crippen LogP contribution in [0.4, 0.5) is 0 Å². The summed E-state index contributed by atoms with van der Waals surface area (Å²) in [6.45, 7) is -0.228. The lowest BCUT2D eigenvalue weighted by molar-refractivity contribution is 0.282. The highest BCUT2D eigenvalue weighted by molar-refractivity contribution is 6.47. The minimum absolute atomic E-state index is 0.228. The van der Waals surface area contributed by atoms with Gasteiger partial charge in [-0.15, -0.1) is 0 Å². The quantitative estimate of drug-likeness (QED) is 0.398. The zero-order valence-corrected chi connectivity index (χ0v) is 17.4. The summed E-state index contributed by atoms with van der Waals surface area (Å²) in [5, 5.41) is 11.6. The second-order valence-electron chi connectivity index (χ2n) is 5.34. The molecule has 0 fully saturated rings. The van der Waals surface area contributed by atoms with E-state index in [1.165, 1.54) is 0 Å². The monoisotopic (exact) mass is 465 g/mol. The predicted octanol–water partition coefficient (Wildman–Crippen LogP) is 7.83. The minimum atomic E-state index is -0.228. The highest BCUT2D eigenvalue weighted by Crippen LogP contribution is 2.42. The van der Waals surface area contributed by atoms with Crippen LogP contribution >= 0.6 is 69.6 Å². The first-order chi connectivity index (χ1) is 12.3. The Balaban J connectivity index is 2.32. The van der Waals surface area contributed by atoms with E-state index in [0.29, 0.717) is 48.2 Å². The molecule has 2 aromatic carbocycles. The van der Waals surface area contributed by atoms with Crippen LogP contribution in [0.25, 0.3) is 22.5 Å². The van der Waals surface area contributed by atoms with Gasteiger partial charge in [0.2, 0.25) is 0 Å². The smallest absolute Gasteiger partial charge is 0.0743 e. The summed E-state index contributed by atoms with van der Waals surface area (Å²) in [5.74, 6) is 0. The van der Waals surface area contributed by atoms with Gasteiger partial charge in [0.25, 0.3) is 0 Å². The Kier molecular flexibility index (Phi) is 6.25. The normalized spacial score (nSPS) is 11.0. The number of aromatic nitrogens is 1. The van der Waals surface area contributed by atoms with Crippen LogP contribution in [-0.2, 0) is 6.61 Å². The molecule has 3 rings (SSSR count). The lowest BCUT2D eigenvalue weighted by Gasteiger charge is -2.14. The number of hydrogen-bond acceptors (Lipinski definition) is 2. The summed E-state index contributed by atoms with van der Waals surface area (Å²) in [6.07, 6.45) is 0. The van der Waals surface area contributed by atoms with Crippen molar-refractivity contribution in [3.05, 3.63) is 72.1 Å². The van der Waals surface area contributed by atoms with Gasteiger partial charge in [-0.05, 0) is 42.0 Å². The van der Waals surface area contributed by atoms with E-state index in [2.05, 4.69) is 4.98 Å². The molecule has 0 aliphatic heterocycles. The zero-order chi connectivity index (χ0) is 19.0. The van der Waals surface area contributed by atoms with Gasteiger partial charge in [-0.25, -0.2) is 4.98 Å². The van der Waals surface area contributed by atoms with Crippen LogP contribution in [0.15, 0.2) is 36.4 Å². The Morgan fingerprint density at radius 2 is 1.04 bits per heavy atom. The molecule has 26 heavy (non-hydrogen) atoms. The molecule has 1 aromatic heterocycles. The Labute approximate surface area is 180 Å².